The summed E-state index contributed by atoms with van der Waals surface area (Å²) in [5.74, 6) is 2.64. The van der Waals surface area contributed by atoms with Gasteiger partial charge in [-0.2, -0.15) is 5.10 Å². The molecule has 0 aliphatic carbocycles. The fourth-order valence-corrected chi connectivity index (χ4v) is 2.82. The molecule has 0 aliphatic rings. The van der Waals surface area contributed by atoms with Crippen LogP contribution in [0.3, 0.4) is 0 Å². The summed E-state index contributed by atoms with van der Waals surface area (Å²) in [5.41, 5.74) is 3.14. The molecule has 3 rings (SSSR count). The lowest BCUT2D eigenvalue weighted by molar-refractivity contribution is 0.615. The number of hydrogen-bond acceptors (Lipinski definition) is 3. The highest BCUT2D eigenvalue weighted by Gasteiger charge is 2.15. The Kier molecular flexibility index (Phi) is 3.70. The fraction of sp³-hybridized carbons (Fsp3) is 0.294. The van der Waals surface area contributed by atoms with Gasteiger partial charge in [-0.15, -0.1) is 6.42 Å². The van der Waals surface area contributed by atoms with Gasteiger partial charge in [0.2, 0.25) is 0 Å². The van der Waals surface area contributed by atoms with Gasteiger partial charge in [0.15, 0.2) is 0 Å². The van der Waals surface area contributed by atoms with E-state index >= 15 is 0 Å². The number of nitrogens with one attached hydrogen (secondary N) is 2. The van der Waals surface area contributed by atoms with E-state index < -0.39 is 0 Å². The molecule has 0 fully saturated rings. The van der Waals surface area contributed by atoms with E-state index in [1.807, 2.05) is 36.7 Å². The molecule has 2 heterocycles. The van der Waals surface area contributed by atoms with E-state index in [1.165, 1.54) is 0 Å². The molecule has 0 saturated carbocycles. The summed E-state index contributed by atoms with van der Waals surface area (Å²) in [4.78, 5) is 12.8. The third kappa shape index (κ3) is 2.18. The molecule has 5 heteroatoms. The van der Waals surface area contributed by atoms with Gasteiger partial charge >= 0.3 is 0 Å². The van der Waals surface area contributed by atoms with Crippen LogP contribution >= 0.6 is 0 Å². The van der Waals surface area contributed by atoms with Crippen molar-refractivity contribution in [1.82, 2.24) is 20.1 Å². The predicted molar refractivity (Wildman–Crippen MR) is 89.1 cm³/mol. The van der Waals surface area contributed by atoms with E-state index in [0.717, 1.165) is 35.1 Å². The van der Waals surface area contributed by atoms with Crippen LogP contribution in [0.1, 0.15) is 17.7 Å². The number of aromatic nitrogens is 3. The Morgan fingerprint density at radius 3 is 3.00 bits per heavy atom. The van der Waals surface area contributed by atoms with Gasteiger partial charge < -0.3 is 9.88 Å². The van der Waals surface area contributed by atoms with Gasteiger partial charge in [0, 0.05) is 23.2 Å². The van der Waals surface area contributed by atoms with Crippen LogP contribution < -0.4 is 10.9 Å². The monoisotopic (exact) mass is 294 g/mol. The molecule has 0 bridgehead atoms. The van der Waals surface area contributed by atoms with Crippen LogP contribution in [-0.4, -0.2) is 28.4 Å². The Morgan fingerprint density at radius 1 is 1.45 bits per heavy atom. The molecule has 0 saturated heterocycles. The van der Waals surface area contributed by atoms with Gasteiger partial charge in [0.05, 0.1) is 10.9 Å². The standard InChI is InChI=1S/C17H18N4O/c1-4-12-6-7-14-13(10-12)16-15(11(2)19-20-16)17(22)21(14)9-5-8-18-3/h1,6-7,10,18H,5,8-9H2,2-3H3,(H,19,20). The van der Waals surface area contributed by atoms with E-state index in [0.29, 0.717) is 17.4 Å². The molecule has 2 N–H and O–H groups in total. The summed E-state index contributed by atoms with van der Waals surface area (Å²) < 4.78 is 1.82. The molecule has 0 spiro atoms. The third-order valence-electron chi connectivity index (χ3n) is 3.92. The minimum Gasteiger partial charge on any atom is -0.320 e. The van der Waals surface area contributed by atoms with Crippen molar-refractivity contribution < 1.29 is 0 Å². The second-order valence-corrected chi connectivity index (χ2v) is 5.36. The zero-order valence-corrected chi connectivity index (χ0v) is 12.7. The van der Waals surface area contributed by atoms with Crippen molar-refractivity contribution in [2.75, 3.05) is 13.6 Å². The van der Waals surface area contributed by atoms with Crippen molar-refractivity contribution in [1.29, 1.82) is 0 Å². The molecule has 0 amide bonds. The highest BCUT2D eigenvalue weighted by molar-refractivity contribution is 6.04. The van der Waals surface area contributed by atoms with Crippen molar-refractivity contribution in [2.45, 2.75) is 19.9 Å². The molecule has 22 heavy (non-hydrogen) atoms. The number of aromatic amines is 1. The molecule has 0 aliphatic heterocycles. The Bertz CT molecular complexity index is 943. The van der Waals surface area contributed by atoms with Gasteiger partial charge in [-0.3, -0.25) is 9.89 Å². The lowest BCUT2D eigenvalue weighted by Crippen LogP contribution is -2.23. The van der Waals surface area contributed by atoms with Gasteiger partial charge in [0.25, 0.3) is 5.56 Å². The minimum atomic E-state index is -0.00156. The number of hydrogen-bond donors (Lipinski definition) is 2. The number of benzene rings is 1. The lowest BCUT2D eigenvalue weighted by atomic mass is 10.1. The summed E-state index contributed by atoms with van der Waals surface area (Å²) in [5, 5.41) is 11.9. The first-order chi connectivity index (χ1) is 10.7. The zero-order chi connectivity index (χ0) is 15.7. The summed E-state index contributed by atoms with van der Waals surface area (Å²) >= 11 is 0. The number of rotatable bonds is 4. The zero-order valence-electron chi connectivity index (χ0n) is 12.7. The van der Waals surface area contributed by atoms with Crippen molar-refractivity contribution in [3.63, 3.8) is 0 Å². The Balaban J connectivity index is 2.35. The minimum absolute atomic E-state index is 0.00156. The first-order valence-electron chi connectivity index (χ1n) is 7.30. The van der Waals surface area contributed by atoms with Crippen LogP contribution in [0.4, 0.5) is 0 Å². The second kappa shape index (κ2) is 5.66. The number of fused-ring (bicyclic) bond motifs is 3. The molecule has 3 aromatic rings. The Hall–Kier alpha value is -2.58. The fourth-order valence-electron chi connectivity index (χ4n) is 2.82. The second-order valence-electron chi connectivity index (χ2n) is 5.36. The smallest absolute Gasteiger partial charge is 0.262 e. The highest BCUT2D eigenvalue weighted by atomic mass is 16.1. The highest BCUT2D eigenvalue weighted by Crippen LogP contribution is 2.24. The number of aryl methyl sites for hydroxylation is 2. The summed E-state index contributed by atoms with van der Waals surface area (Å²) in [6, 6.07) is 5.70. The van der Waals surface area contributed by atoms with Crippen LogP contribution in [0.2, 0.25) is 0 Å². The molecule has 2 aromatic heterocycles. The molecule has 0 unspecified atom stereocenters. The largest absolute Gasteiger partial charge is 0.320 e. The Morgan fingerprint density at radius 2 is 2.27 bits per heavy atom. The number of terminal acetylenes is 1. The van der Waals surface area contributed by atoms with E-state index in [4.69, 9.17) is 6.42 Å². The maximum Gasteiger partial charge on any atom is 0.262 e. The van der Waals surface area contributed by atoms with Crippen LogP contribution in [-0.2, 0) is 6.54 Å². The number of nitrogens with zero attached hydrogens (tertiary/aromatic N) is 2. The van der Waals surface area contributed by atoms with E-state index in [2.05, 4.69) is 21.4 Å². The van der Waals surface area contributed by atoms with Crippen LogP contribution in [0, 0.1) is 19.3 Å². The van der Waals surface area contributed by atoms with Gasteiger partial charge in [-0.25, -0.2) is 0 Å². The van der Waals surface area contributed by atoms with Crippen molar-refractivity contribution >= 4 is 21.8 Å². The Labute approximate surface area is 128 Å². The molecule has 0 radical (unpaired) electrons. The maximum absolute atomic E-state index is 12.8. The average Bonchev–Trinajstić information content (AvgIpc) is 2.92. The third-order valence-corrected chi connectivity index (χ3v) is 3.92. The lowest BCUT2D eigenvalue weighted by Gasteiger charge is -2.11. The van der Waals surface area contributed by atoms with Gasteiger partial charge in [0.1, 0.15) is 5.52 Å². The van der Waals surface area contributed by atoms with E-state index in [-0.39, 0.29) is 5.56 Å². The topological polar surface area (TPSA) is 62.7 Å². The molecule has 1 aromatic carbocycles. The van der Waals surface area contributed by atoms with E-state index in [1.54, 1.807) is 0 Å². The quantitative estimate of drug-likeness (QED) is 0.569. The average molecular weight is 294 g/mol. The van der Waals surface area contributed by atoms with Crippen LogP contribution in [0.5, 0.6) is 0 Å². The normalized spacial score (nSPS) is 11.1. The first kappa shape index (κ1) is 14.4. The number of H-pyrrole nitrogens is 1. The predicted octanol–water partition coefficient (Wildman–Crippen LogP) is 1.78. The van der Waals surface area contributed by atoms with Crippen molar-refractivity contribution in [2.24, 2.45) is 0 Å². The summed E-state index contributed by atoms with van der Waals surface area (Å²) in [6.07, 6.45) is 6.38. The van der Waals surface area contributed by atoms with Crippen LogP contribution in [0.15, 0.2) is 23.0 Å². The molecule has 0 atom stereocenters. The van der Waals surface area contributed by atoms with Gasteiger partial charge in [-0.1, -0.05) is 5.92 Å². The SMILES string of the molecule is C#Cc1ccc2c(c1)c1n[nH]c(C)c1c(=O)n2CCCNC. The van der Waals surface area contributed by atoms with E-state index in [9.17, 15) is 4.79 Å². The molecular formula is C17H18N4O. The molecule has 112 valence electrons. The number of pyridine rings is 1. The summed E-state index contributed by atoms with van der Waals surface area (Å²) in [7, 11) is 1.91. The van der Waals surface area contributed by atoms with Crippen molar-refractivity contribution in [3.05, 3.63) is 39.8 Å². The summed E-state index contributed by atoms with van der Waals surface area (Å²) in [6.45, 7) is 3.39. The first-order valence-corrected chi connectivity index (χ1v) is 7.30. The van der Waals surface area contributed by atoms with Gasteiger partial charge in [-0.05, 0) is 45.1 Å². The molecular weight excluding hydrogens is 276 g/mol. The maximum atomic E-state index is 12.8. The van der Waals surface area contributed by atoms with Crippen LogP contribution in [0.25, 0.3) is 21.8 Å². The van der Waals surface area contributed by atoms with Crippen molar-refractivity contribution in [3.8, 4) is 12.3 Å². The molecule has 5 nitrogen and oxygen atoms in total.